The monoisotopic (exact) mass is 436 g/mol. The molecule has 1 aliphatic heterocycles. The van der Waals surface area contributed by atoms with E-state index < -0.39 is 5.82 Å². The highest BCUT2D eigenvalue weighted by atomic mass is 32.2. The molecule has 160 valence electrons. The van der Waals surface area contributed by atoms with Crippen LogP contribution in [-0.4, -0.2) is 29.0 Å². The Bertz CT molecular complexity index is 1070. The summed E-state index contributed by atoms with van der Waals surface area (Å²) in [6, 6.07) is 13.1. The smallest absolute Gasteiger partial charge is 0.229 e. The van der Waals surface area contributed by atoms with E-state index in [0.29, 0.717) is 6.54 Å². The minimum Gasteiger partial charge on any atom is -0.354 e. The van der Waals surface area contributed by atoms with Crippen molar-refractivity contribution >= 4 is 29.2 Å². The lowest BCUT2D eigenvalue weighted by Crippen LogP contribution is -2.41. The van der Waals surface area contributed by atoms with Gasteiger partial charge in [-0.2, -0.15) is 0 Å². The Kier molecular flexibility index (Phi) is 6.51. The molecule has 1 amide bonds. The zero-order valence-corrected chi connectivity index (χ0v) is 18.5. The van der Waals surface area contributed by atoms with Crippen LogP contribution in [0.1, 0.15) is 24.0 Å². The topological polar surface area (TPSA) is 58.1 Å². The van der Waals surface area contributed by atoms with Gasteiger partial charge in [-0.15, -0.1) is 0 Å². The van der Waals surface area contributed by atoms with E-state index >= 15 is 0 Å². The number of nitrogens with zero attached hydrogens (tertiary/aromatic N) is 3. The number of hydrogen-bond acceptors (Lipinski definition) is 5. The molecule has 31 heavy (non-hydrogen) atoms. The number of carbonyl (C=O) groups excluding carboxylic acids is 1. The van der Waals surface area contributed by atoms with E-state index in [0.717, 1.165) is 40.7 Å². The highest BCUT2D eigenvalue weighted by molar-refractivity contribution is 7.99. The average molecular weight is 437 g/mol. The molecule has 0 spiro atoms. The van der Waals surface area contributed by atoms with E-state index in [1.165, 1.54) is 11.6 Å². The van der Waals surface area contributed by atoms with Crippen LogP contribution < -0.4 is 10.2 Å². The van der Waals surface area contributed by atoms with Crippen LogP contribution in [0.25, 0.3) is 0 Å². The van der Waals surface area contributed by atoms with Crippen LogP contribution in [0.3, 0.4) is 0 Å². The Labute approximate surface area is 186 Å². The largest absolute Gasteiger partial charge is 0.354 e. The highest BCUT2D eigenvalue weighted by Crippen LogP contribution is 2.34. The normalized spacial score (nSPS) is 16.2. The number of aromatic nitrogens is 2. The summed E-state index contributed by atoms with van der Waals surface area (Å²) < 4.78 is 14.2. The maximum absolute atomic E-state index is 14.2. The Morgan fingerprint density at radius 3 is 2.61 bits per heavy atom. The van der Waals surface area contributed by atoms with Crippen molar-refractivity contribution in [3.05, 3.63) is 71.8 Å². The third-order valence-corrected chi connectivity index (χ3v) is 6.35. The fraction of sp³-hybridized carbons (Fsp3) is 0.292. The highest BCUT2D eigenvalue weighted by Gasteiger charge is 2.28. The molecular formula is C24H25FN4OS. The van der Waals surface area contributed by atoms with Gasteiger partial charge in [0.25, 0.3) is 0 Å². The molecule has 0 aliphatic carbocycles. The number of aryl methyl sites for hydroxylation is 2. The van der Waals surface area contributed by atoms with Crippen LogP contribution in [0.4, 0.5) is 15.9 Å². The first-order valence-electron chi connectivity index (χ1n) is 10.4. The summed E-state index contributed by atoms with van der Waals surface area (Å²) in [4.78, 5) is 25.2. The molecule has 5 nitrogen and oxygen atoms in total. The lowest BCUT2D eigenvalue weighted by molar-refractivity contribution is -0.120. The summed E-state index contributed by atoms with van der Waals surface area (Å²) >= 11 is 1.57. The van der Waals surface area contributed by atoms with Crippen molar-refractivity contribution in [2.45, 2.75) is 36.6 Å². The molecule has 0 radical (unpaired) electrons. The molecule has 1 atom stereocenters. The fourth-order valence-electron chi connectivity index (χ4n) is 3.66. The summed E-state index contributed by atoms with van der Waals surface area (Å²) in [7, 11) is 0. The molecule has 1 aliphatic rings. The Morgan fingerprint density at radius 2 is 1.84 bits per heavy atom. The van der Waals surface area contributed by atoms with E-state index in [1.54, 1.807) is 36.3 Å². The van der Waals surface area contributed by atoms with Crippen molar-refractivity contribution in [1.82, 2.24) is 9.97 Å². The van der Waals surface area contributed by atoms with Gasteiger partial charge in [0.2, 0.25) is 5.91 Å². The lowest BCUT2D eigenvalue weighted by Gasteiger charge is -2.33. The van der Waals surface area contributed by atoms with E-state index in [9.17, 15) is 9.18 Å². The van der Waals surface area contributed by atoms with Crippen molar-refractivity contribution in [2.75, 3.05) is 23.3 Å². The number of benzene rings is 2. The minimum atomic E-state index is -0.410. The summed E-state index contributed by atoms with van der Waals surface area (Å²) in [5.74, 6) is -0.0309. The molecule has 1 aromatic heterocycles. The number of anilines is 2. The van der Waals surface area contributed by atoms with E-state index in [2.05, 4.69) is 51.4 Å². The molecule has 2 heterocycles. The second-order valence-electron chi connectivity index (χ2n) is 7.86. The molecule has 0 saturated carbocycles. The van der Waals surface area contributed by atoms with Gasteiger partial charge < -0.3 is 10.2 Å². The van der Waals surface area contributed by atoms with E-state index in [-0.39, 0.29) is 17.5 Å². The predicted molar refractivity (Wildman–Crippen MR) is 122 cm³/mol. The van der Waals surface area contributed by atoms with Gasteiger partial charge in [-0.3, -0.25) is 4.79 Å². The van der Waals surface area contributed by atoms with E-state index in [1.807, 2.05) is 6.92 Å². The zero-order valence-electron chi connectivity index (χ0n) is 17.6. The summed E-state index contributed by atoms with van der Waals surface area (Å²) in [6.45, 7) is 5.21. The third-order valence-electron chi connectivity index (χ3n) is 5.36. The van der Waals surface area contributed by atoms with Crippen molar-refractivity contribution in [3.63, 3.8) is 0 Å². The SMILES string of the molecule is Cc1ccc(Sc2nccnc2N2CCC[C@@H](C(=O)Nc3ccc(C)cc3F)C2)cc1. The van der Waals surface area contributed by atoms with Gasteiger partial charge in [0.05, 0.1) is 11.6 Å². The number of piperidine rings is 1. The van der Waals surface area contributed by atoms with Gasteiger partial charge in [-0.25, -0.2) is 14.4 Å². The standard InChI is InChI=1S/C24H25FN4OS/c1-16-5-8-19(9-6-16)31-24-22(26-11-12-27-24)29-13-3-4-18(15-29)23(30)28-21-10-7-17(2)14-20(21)25/h5-12,14,18H,3-4,13,15H2,1-2H3,(H,28,30)/t18-/m1/s1. The van der Waals surface area contributed by atoms with Gasteiger partial charge in [0.15, 0.2) is 5.82 Å². The van der Waals surface area contributed by atoms with Gasteiger partial charge >= 0.3 is 0 Å². The summed E-state index contributed by atoms with van der Waals surface area (Å²) in [6.07, 6.45) is 4.99. The van der Waals surface area contributed by atoms with Crippen LogP contribution in [-0.2, 0) is 4.79 Å². The zero-order chi connectivity index (χ0) is 21.8. The van der Waals surface area contributed by atoms with Crippen molar-refractivity contribution in [3.8, 4) is 0 Å². The molecule has 1 saturated heterocycles. The quantitative estimate of drug-likeness (QED) is 0.593. The lowest BCUT2D eigenvalue weighted by atomic mass is 9.97. The summed E-state index contributed by atoms with van der Waals surface area (Å²) in [5, 5.41) is 3.57. The molecule has 7 heteroatoms. The predicted octanol–water partition coefficient (Wildman–Crippen LogP) is 5.24. The van der Waals surface area contributed by atoms with Gasteiger partial charge in [-0.05, 0) is 56.5 Å². The molecule has 0 bridgehead atoms. The van der Waals surface area contributed by atoms with E-state index in [4.69, 9.17) is 0 Å². The molecular weight excluding hydrogens is 411 g/mol. The number of rotatable bonds is 5. The third kappa shape index (κ3) is 5.22. The first kappa shape index (κ1) is 21.3. The molecule has 2 aromatic carbocycles. The van der Waals surface area contributed by atoms with Crippen LogP contribution >= 0.6 is 11.8 Å². The van der Waals surface area contributed by atoms with Crippen LogP contribution in [0.15, 0.2) is 64.8 Å². The summed E-state index contributed by atoms with van der Waals surface area (Å²) in [5.41, 5.74) is 2.25. The molecule has 4 rings (SSSR count). The van der Waals surface area contributed by atoms with Gasteiger partial charge in [0, 0.05) is 30.4 Å². The van der Waals surface area contributed by atoms with Gasteiger partial charge in [-0.1, -0.05) is 35.5 Å². The maximum atomic E-state index is 14.2. The number of hydrogen-bond donors (Lipinski definition) is 1. The van der Waals surface area contributed by atoms with Crippen molar-refractivity contribution in [2.24, 2.45) is 5.92 Å². The first-order chi connectivity index (χ1) is 15.0. The molecule has 1 N–H and O–H groups in total. The van der Waals surface area contributed by atoms with Crippen molar-refractivity contribution < 1.29 is 9.18 Å². The second-order valence-corrected chi connectivity index (χ2v) is 8.92. The number of nitrogens with one attached hydrogen (secondary N) is 1. The minimum absolute atomic E-state index is 0.163. The average Bonchev–Trinajstić information content (AvgIpc) is 2.78. The van der Waals surface area contributed by atoms with Gasteiger partial charge in [0.1, 0.15) is 10.8 Å². The molecule has 3 aromatic rings. The van der Waals surface area contributed by atoms with Crippen LogP contribution in [0, 0.1) is 25.6 Å². The molecule has 1 fully saturated rings. The number of amides is 1. The second kappa shape index (κ2) is 9.47. The molecule has 0 unspecified atom stereocenters. The van der Waals surface area contributed by atoms with Crippen LogP contribution in [0.2, 0.25) is 0 Å². The first-order valence-corrected chi connectivity index (χ1v) is 11.2. The Hall–Kier alpha value is -2.93. The Morgan fingerprint density at radius 1 is 1.10 bits per heavy atom. The maximum Gasteiger partial charge on any atom is 0.229 e. The number of carbonyl (C=O) groups is 1. The van der Waals surface area contributed by atoms with Crippen LogP contribution in [0.5, 0.6) is 0 Å². The van der Waals surface area contributed by atoms with Crippen molar-refractivity contribution in [1.29, 1.82) is 0 Å². The Balaban J connectivity index is 1.48. The fourth-order valence-corrected chi connectivity index (χ4v) is 4.55. The number of halogens is 1.